The summed E-state index contributed by atoms with van der Waals surface area (Å²) in [5.41, 5.74) is 2.93. The summed E-state index contributed by atoms with van der Waals surface area (Å²) in [6.07, 6.45) is 0. The van der Waals surface area contributed by atoms with Gasteiger partial charge < -0.3 is 5.11 Å². The van der Waals surface area contributed by atoms with E-state index in [-0.39, 0.29) is 11.3 Å². The van der Waals surface area contributed by atoms with Crippen LogP contribution in [0, 0.1) is 0 Å². The van der Waals surface area contributed by atoms with Gasteiger partial charge in [-0.2, -0.15) is 0 Å². The van der Waals surface area contributed by atoms with Gasteiger partial charge in [0.15, 0.2) is 0 Å². The molecule has 3 aromatic carbocycles. The average Bonchev–Trinajstić information content (AvgIpc) is 3.04. The van der Waals surface area contributed by atoms with E-state index in [1.54, 1.807) is 48.5 Å². The van der Waals surface area contributed by atoms with Crippen molar-refractivity contribution in [3.63, 3.8) is 0 Å². The van der Waals surface area contributed by atoms with Gasteiger partial charge in [0, 0.05) is 16.3 Å². The molecule has 1 atom stereocenters. The van der Waals surface area contributed by atoms with Crippen LogP contribution in [-0.2, 0) is 9.59 Å². The molecule has 156 valence electrons. The van der Waals surface area contributed by atoms with Crippen LogP contribution in [0.4, 0.5) is 5.69 Å². The number of rotatable bonds is 4. The summed E-state index contributed by atoms with van der Waals surface area (Å²) in [7, 11) is 0. The number of benzene rings is 3. The maximum atomic E-state index is 13.1. The molecule has 4 nitrogen and oxygen atoms in total. The molecule has 0 unspecified atom stereocenters. The van der Waals surface area contributed by atoms with Crippen molar-refractivity contribution in [2.75, 3.05) is 4.90 Å². The number of Topliss-reactive ketones (excluding diaryl/α,β-unsaturated/α-hetero) is 1. The van der Waals surface area contributed by atoms with E-state index in [4.69, 9.17) is 11.6 Å². The molecule has 4 rings (SSSR count). The molecular weight excluding hydrogens is 410 g/mol. The lowest BCUT2D eigenvalue weighted by atomic mass is 9.93. The van der Waals surface area contributed by atoms with E-state index in [9.17, 15) is 14.7 Å². The zero-order valence-corrected chi connectivity index (χ0v) is 18.0. The predicted molar refractivity (Wildman–Crippen MR) is 123 cm³/mol. The molecule has 1 N–H and O–H groups in total. The molecule has 0 aliphatic carbocycles. The molecule has 0 radical (unpaired) electrons. The Labute approximate surface area is 186 Å². The lowest BCUT2D eigenvalue weighted by Crippen LogP contribution is -2.29. The summed E-state index contributed by atoms with van der Waals surface area (Å²) in [5.74, 6) is -1.27. The molecule has 1 aliphatic heterocycles. The van der Waals surface area contributed by atoms with E-state index in [0.29, 0.717) is 22.2 Å². The van der Waals surface area contributed by atoms with E-state index < -0.39 is 17.7 Å². The van der Waals surface area contributed by atoms with Crippen LogP contribution in [-0.4, -0.2) is 16.8 Å². The molecule has 0 aromatic heterocycles. The van der Waals surface area contributed by atoms with Gasteiger partial charge in [0.1, 0.15) is 5.76 Å². The number of amides is 1. The van der Waals surface area contributed by atoms with E-state index >= 15 is 0 Å². The number of hydrogen-bond acceptors (Lipinski definition) is 3. The molecule has 31 heavy (non-hydrogen) atoms. The lowest BCUT2D eigenvalue weighted by Gasteiger charge is -2.26. The van der Waals surface area contributed by atoms with Crippen molar-refractivity contribution in [3.8, 4) is 0 Å². The number of nitrogens with zero attached hydrogens (tertiary/aromatic N) is 1. The van der Waals surface area contributed by atoms with Gasteiger partial charge in [0.25, 0.3) is 11.7 Å². The minimum atomic E-state index is -0.764. The summed E-state index contributed by atoms with van der Waals surface area (Å²) >= 11 is 6.17. The van der Waals surface area contributed by atoms with Gasteiger partial charge in [-0.05, 0) is 35.2 Å². The van der Waals surface area contributed by atoms with E-state index in [2.05, 4.69) is 13.8 Å². The standard InChI is InChI=1S/C26H22ClNO3/c1-16(2)17-11-13-18(14-12-17)23-22(24(29)19-7-4-3-5-8-19)25(30)26(31)28(23)21-10-6-9-20(27)15-21/h3-16,23,29H,1-2H3/t23-/m0/s1. The summed E-state index contributed by atoms with van der Waals surface area (Å²) in [6.45, 7) is 4.20. The molecular formula is C26H22ClNO3. The molecule has 1 heterocycles. The highest BCUT2D eigenvalue weighted by atomic mass is 35.5. The van der Waals surface area contributed by atoms with E-state index in [1.165, 1.54) is 4.90 Å². The number of carbonyl (C=O) groups is 2. The third-order valence-electron chi connectivity index (χ3n) is 5.50. The van der Waals surface area contributed by atoms with Crippen LogP contribution in [0.3, 0.4) is 0 Å². The first-order chi connectivity index (χ1) is 14.9. The Morgan fingerprint density at radius 2 is 1.61 bits per heavy atom. The summed E-state index contributed by atoms with van der Waals surface area (Å²) < 4.78 is 0. The van der Waals surface area contributed by atoms with Crippen LogP contribution >= 0.6 is 11.6 Å². The number of anilines is 1. The second-order valence-electron chi connectivity index (χ2n) is 7.84. The van der Waals surface area contributed by atoms with Crippen LogP contribution < -0.4 is 4.90 Å². The largest absolute Gasteiger partial charge is 0.507 e. The highest BCUT2D eigenvalue weighted by Gasteiger charge is 2.47. The van der Waals surface area contributed by atoms with Crippen LogP contribution in [0.25, 0.3) is 5.76 Å². The normalized spacial score (nSPS) is 18.1. The van der Waals surface area contributed by atoms with Gasteiger partial charge in [-0.3, -0.25) is 14.5 Å². The Bertz CT molecular complexity index is 1170. The third-order valence-corrected chi connectivity index (χ3v) is 5.73. The summed E-state index contributed by atoms with van der Waals surface area (Å²) in [5, 5.41) is 11.5. The maximum Gasteiger partial charge on any atom is 0.300 e. The SMILES string of the molecule is CC(C)c1ccc([C@H]2C(=C(O)c3ccccc3)C(=O)C(=O)N2c2cccc(Cl)c2)cc1. The fourth-order valence-electron chi connectivity index (χ4n) is 3.85. The number of ketones is 1. The highest BCUT2D eigenvalue weighted by Crippen LogP contribution is 2.42. The smallest absolute Gasteiger partial charge is 0.300 e. The Morgan fingerprint density at radius 1 is 0.935 bits per heavy atom. The Hall–Kier alpha value is -3.37. The summed E-state index contributed by atoms with van der Waals surface area (Å²) in [4.78, 5) is 27.6. The Morgan fingerprint density at radius 3 is 2.23 bits per heavy atom. The monoisotopic (exact) mass is 431 g/mol. The van der Waals surface area contributed by atoms with Gasteiger partial charge in [-0.1, -0.05) is 86.1 Å². The first-order valence-corrected chi connectivity index (χ1v) is 10.5. The number of halogens is 1. The van der Waals surface area contributed by atoms with Gasteiger partial charge in [0.05, 0.1) is 11.6 Å². The Balaban J connectivity index is 1.93. The molecule has 0 bridgehead atoms. The van der Waals surface area contributed by atoms with Crippen LogP contribution in [0.2, 0.25) is 5.02 Å². The lowest BCUT2D eigenvalue weighted by molar-refractivity contribution is -0.132. The van der Waals surface area contributed by atoms with Crippen molar-refractivity contribution in [2.45, 2.75) is 25.8 Å². The summed E-state index contributed by atoms with van der Waals surface area (Å²) in [6, 6.07) is 22.6. The molecule has 0 spiro atoms. The third kappa shape index (κ3) is 3.87. The van der Waals surface area contributed by atoms with Crippen molar-refractivity contribution in [2.24, 2.45) is 0 Å². The highest BCUT2D eigenvalue weighted by molar-refractivity contribution is 6.51. The van der Waals surface area contributed by atoms with Crippen LogP contribution in [0.1, 0.15) is 42.5 Å². The topological polar surface area (TPSA) is 57.6 Å². The molecule has 5 heteroatoms. The fourth-order valence-corrected chi connectivity index (χ4v) is 4.04. The molecule has 1 saturated heterocycles. The van der Waals surface area contributed by atoms with Crippen molar-refractivity contribution in [1.82, 2.24) is 0 Å². The van der Waals surface area contributed by atoms with Crippen molar-refractivity contribution in [3.05, 3.63) is 106 Å². The second kappa shape index (κ2) is 8.40. The average molecular weight is 432 g/mol. The van der Waals surface area contributed by atoms with Crippen LogP contribution in [0.5, 0.6) is 0 Å². The zero-order chi connectivity index (χ0) is 22.1. The van der Waals surface area contributed by atoms with Gasteiger partial charge in [0.2, 0.25) is 0 Å². The molecule has 1 fully saturated rings. The van der Waals surface area contributed by atoms with Crippen molar-refractivity contribution in [1.29, 1.82) is 0 Å². The van der Waals surface area contributed by atoms with Gasteiger partial charge in [-0.15, -0.1) is 0 Å². The minimum absolute atomic E-state index is 0.0634. The Kier molecular flexibility index (Phi) is 5.66. The van der Waals surface area contributed by atoms with Crippen molar-refractivity contribution >= 4 is 34.7 Å². The molecule has 0 saturated carbocycles. The molecule has 1 aliphatic rings. The maximum absolute atomic E-state index is 13.1. The molecule has 3 aromatic rings. The first kappa shape index (κ1) is 20.9. The van der Waals surface area contributed by atoms with Crippen molar-refractivity contribution < 1.29 is 14.7 Å². The van der Waals surface area contributed by atoms with Crippen LogP contribution in [0.15, 0.2) is 84.4 Å². The number of carbonyl (C=O) groups excluding carboxylic acids is 2. The zero-order valence-electron chi connectivity index (χ0n) is 17.2. The number of aliphatic hydroxyl groups is 1. The second-order valence-corrected chi connectivity index (χ2v) is 8.27. The molecule has 1 amide bonds. The van der Waals surface area contributed by atoms with Gasteiger partial charge in [-0.25, -0.2) is 0 Å². The van der Waals surface area contributed by atoms with E-state index in [0.717, 1.165) is 11.1 Å². The number of aliphatic hydroxyl groups excluding tert-OH is 1. The number of hydrogen-bond donors (Lipinski definition) is 1. The first-order valence-electron chi connectivity index (χ1n) is 10.1. The predicted octanol–water partition coefficient (Wildman–Crippen LogP) is 6.09. The van der Waals surface area contributed by atoms with E-state index in [1.807, 2.05) is 30.3 Å². The quantitative estimate of drug-likeness (QED) is 0.309. The van der Waals surface area contributed by atoms with Gasteiger partial charge >= 0.3 is 0 Å². The fraction of sp³-hybridized carbons (Fsp3) is 0.154. The minimum Gasteiger partial charge on any atom is -0.507 e.